The van der Waals surface area contributed by atoms with Gasteiger partial charge in [0.15, 0.2) is 0 Å². The largest absolute Gasteiger partial charge is 0.464 e. The summed E-state index contributed by atoms with van der Waals surface area (Å²) in [5.74, 6) is -0.463. The van der Waals surface area contributed by atoms with Crippen LogP contribution in [0.2, 0.25) is 0 Å². The lowest BCUT2D eigenvalue weighted by atomic mass is 10.1. The fourth-order valence-electron chi connectivity index (χ4n) is 0.861. The van der Waals surface area contributed by atoms with Crippen molar-refractivity contribution in [3.63, 3.8) is 0 Å². The van der Waals surface area contributed by atoms with Gasteiger partial charge in [0.2, 0.25) is 5.60 Å². The maximum absolute atomic E-state index is 11.1. The van der Waals surface area contributed by atoms with Crippen LogP contribution in [-0.2, 0) is 14.3 Å². The molecule has 2 atom stereocenters. The molecule has 1 fully saturated rings. The highest BCUT2D eigenvalue weighted by Gasteiger charge is 2.57. The average Bonchev–Trinajstić information content (AvgIpc) is 2.66. The van der Waals surface area contributed by atoms with E-state index < -0.39 is 17.7 Å². The van der Waals surface area contributed by atoms with Crippen molar-refractivity contribution in [2.75, 3.05) is 13.2 Å². The lowest BCUT2D eigenvalue weighted by Crippen LogP contribution is -2.37. The van der Waals surface area contributed by atoms with Gasteiger partial charge >= 0.3 is 5.97 Å². The summed E-state index contributed by atoms with van der Waals surface area (Å²) in [6.45, 7) is 3.82. The smallest absolute Gasteiger partial charge is 0.343 e. The minimum Gasteiger partial charge on any atom is -0.464 e. The van der Waals surface area contributed by atoms with Gasteiger partial charge in [0.1, 0.15) is 0 Å². The first-order valence-corrected chi connectivity index (χ1v) is 3.62. The zero-order valence-electron chi connectivity index (χ0n) is 6.66. The van der Waals surface area contributed by atoms with Gasteiger partial charge in [0, 0.05) is 0 Å². The zero-order valence-corrected chi connectivity index (χ0v) is 6.66. The molecule has 4 nitrogen and oxygen atoms in total. The molecule has 0 aliphatic carbocycles. The van der Waals surface area contributed by atoms with E-state index in [9.17, 15) is 4.79 Å². The molecule has 0 aromatic carbocycles. The molecule has 1 saturated heterocycles. The van der Waals surface area contributed by atoms with Crippen LogP contribution in [0.3, 0.4) is 0 Å². The summed E-state index contributed by atoms with van der Waals surface area (Å²) in [5.41, 5.74) is -1.05. The van der Waals surface area contributed by atoms with E-state index in [1.54, 1.807) is 6.92 Å². The Morgan fingerprint density at radius 3 is 2.73 bits per heavy atom. The van der Waals surface area contributed by atoms with Crippen molar-refractivity contribution in [1.29, 1.82) is 0 Å². The Balaban J connectivity index is 2.51. The number of ether oxygens (including phenoxy) is 2. The van der Waals surface area contributed by atoms with Crippen LogP contribution >= 0.6 is 0 Å². The molecule has 0 spiro atoms. The van der Waals surface area contributed by atoms with Crippen LogP contribution in [-0.4, -0.2) is 36.0 Å². The number of rotatable bonds is 3. The standard InChI is InChI=1S/C7H12O4/c1-3-10-6(9)7(4-11-7)5(2)8/h5,8H,3-4H2,1-2H3. The first-order chi connectivity index (χ1) is 5.13. The van der Waals surface area contributed by atoms with Gasteiger partial charge in [-0.25, -0.2) is 4.79 Å². The van der Waals surface area contributed by atoms with Crippen LogP contribution in [0.1, 0.15) is 13.8 Å². The van der Waals surface area contributed by atoms with Crippen molar-refractivity contribution in [3.8, 4) is 0 Å². The summed E-state index contributed by atoms with van der Waals surface area (Å²) in [4.78, 5) is 11.1. The lowest BCUT2D eigenvalue weighted by Gasteiger charge is -2.12. The van der Waals surface area contributed by atoms with Gasteiger partial charge in [0.25, 0.3) is 0 Å². The molecule has 1 rings (SSSR count). The van der Waals surface area contributed by atoms with Gasteiger partial charge in [0.05, 0.1) is 19.3 Å². The second-order valence-electron chi connectivity index (χ2n) is 2.57. The number of hydrogen-bond acceptors (Lipinski definition) is 4. The minimum atomic E-state index is -1.05. The monoisotopic (exact) mass is 160 g/mol. The molecule has 0 aromatic rings. The Kier molecular flexibility index (Phi) is 2.15. The third-order valence-corrected chi connectivity index (χ3v) is 1.75. The minimum absolute atomic E-state index is 0.267. The molecule has 0 aromatic heterocycles. The number of epoxide rings is 1. The molecule has 0 bridgehead atoms. The summed E-state index contributed by atoms with van der Waals surface area (Å²) >= 11 is 0. The average molecular weight is 160 g/mol. The molecular formula is C7H12O4. The van der Waals surface area contributed by atoms with Gasteiger partial charge in [-0.3, -0.25) is 0 Å². The quantitative estimate of drug-likeness (QED) is 0.455. The predicted molar refractivity (Wildman–Crippen MR) is 37.0 cm³/mol. The number of hydrogen-bond donors (Lipinski definition) is 1. The number of aliphatic hydroxyl groups excluding tert-OH is 1. The topological polar surface area (TPSA) is 59.1 Å². The summed E-state index contributed by atoms with van der Waals surface area (Å²) in [5, 5.41) is 9.11. The van der Waals surface area contributed by atoms with Crippen LogP contribution in [0.4, 0.5) is 0 Å². The Morgan fingerprint density at radius 2 is 2.45 bits per heavy atom. The molecule has 0 saturated carbocycles. The summed E-state index contributed by atoms with van der Waals surface area (Å²) in [6.07, 6.45) is -0.790. The molecule has 1 aliphatic rings. The molecule has 2 unspecified atom stereocenters. The van der Waals surface area contributed by atoms with E-state index in [0.717, 1.165) is 0 Å². The van der Waals surface area contributed by atoms with Crippen LogP contribution < -0.4 is 0 Å². The van der Waals surface area contributed by atoms with E-state index in [-0.39, 0.29) is 6.61 Å². The fraction of sp³-hybridized carbons (Fsp3) is 0.857. The highest BCUT2D eigenvalue weighted by Crippen LogP contribution is 2.32. The number of carbonyl (C=O) groups excluding carboxylic acids is 1. The highest BCUT2D eigenvalue weighted by atomic mass is 16.7. The first-order valence-electron chi connectivity index (χ1n) is 3.62. The Morgan fingerprint density at radius 1 is 1.91 bits per heavy atom. The van der Waals surface area contributed by atoms with E-state index in [1.807, 2.05) is 0 Å². The van der Waals surface area contributed by atoms with Gasteiger partial charge in [-0.2, -0.15) is 0 Å². The second-order valence-corrected chi connectivity index (χ2v) is 2.57. The molecule has 1 heterocycles. The maximum Gasteiger partial charge on any atom is 0.343 e. The van der Waals surface area contributed by atoms with Crippen molar-refractivity contribution in [2.45, 2.75) is 25.6 Å². The van der Waals surface area contributed by atoms with E-state index in [1.165, 1.54) is 6.92 Å². The van der Waals surface area contributed by atoms with Crippen molar-refractivity contribution in [1.82, 2.24) is 0 Å². The van der Waals surface area contributed by atoms with Crippen LogP contribution in [0, 0.1) is 0 Å². The molecule has 1 N–H and O–H groups in total. The first kappa shape index (κ1) is 8.49. The van der Waals surface area contributed by atoms with Crippen molar-refractivity contribution >= 4 is 5.97 Å². The van der Waals surface area contributed by atoms with E-state index in [2.05, 4.69) is 0 Å². The second kappa shape index (κ2) is 2.79. The number of carbonyl (C=O) groups is 1. The molecule has 1 aliphatic heterocycles. The Labute approximate surface area is 65.1 Å². The zero-order chi connectivity index (χ0) is 8.48. The molecule has 4 heteroatoms. The SMILES string of the molecule is CCOC(=O)C1(C(C)O)CO1. The van der Waals surface area contributed by atoms with E-state index in [0.29, 0.717) is 6.61 Å². The van der Waals surface area contributed by atoms with Gasteiger partial charge in [-0.05, 0) is 13.8 Å². The summed E-state index contributed by atoms with van der Waals surface area (Å²) in [7, 11) is 0. The van der Waals surface area contributed by atoms with Crippen molar-refractivity contribution in [2.24, 2.45) is 0 Å². The molecule has 64 valence electrons. The van der Waals surface area contributed by atoms with Crippen LogP contribution in [0.5, 0.6) is 0 Å². The summed E-state index contributed by atoms with van der Waals surface area (Å²) in [6, 6.07) is 0. The van der Waals surface area contributed by atoms with E-state index in [4.69, 9.17) is 14.6 Å². The molecule has 0 radical (unpaired) electrons. The van der Waals surface area contributed by atoms with E-state index >= 15 is 0 Å². The molecule has 0 amide bonds. The predicted octanol–water partition coefficient (Wildman–Crippen LogP) is -0.301. The van der Waals surface area contributed by atoms with Crippen LogP contribution in [0.15, 0.2) is 0 Å². The van der Waals surface area contributed by atoms with Crippen LogP contribution in [0.25, 0.3) is 0 Å². The highest BCUT2D eigenvalue weighted by molar-refractivity contribution is 5.83. The van der Waals surface area contributed by atoms with Crippen molar-refractivity contribution in [3.05, 3.63) is 0 Å². The van der Waals surface area contributed by atoms with Crippen molar-refractivity contribution < 1.29 is 19.4 Å². The third kappa shape index (κ3) is 1.36. The Hall–Kier alpha value is -0.610. The third-order valence-electron chi connectivity index (χ3n) is 1.75. The lowest BCUT2D eigenvalue weighted by molar-refractivity contribution is -0.153. The molecular weight excluding hydrogens is 148 g/mol. The Bertz CT molecular complexity index is 160. The molecule has 11 heavy (non-hydrogen) atoms. The van der Waals surface area contributed by atoms with Gasteiger partial charge < -0.3 is 14.6 Å². The summed E-state index contributed by atoms with van der Waals surface area (Å²) < 4.78 is 9.55. The maximum atomic E-state index is 11.1. The van der Waals surface area contributed by atoms with Gasteiger partial charge in [-0.1, -0.05) is 0 Å². The van der Waals surface area contributed by atoms with Gasteiger partial charge in [-0.15, -0.1) is 0 Å². The number of aliphatic hydroxyl groups is 1. The normalized spacial score (nSPS) is 31.2. The fourth-order valence-corrected chi connectivity index (χ4v) is 0.861. The number of esters is 1.